The number of aliphatic hydroxyl groups is 1. The molecule has 0 aromatic heterocycles. The second kappa shape index (κ2) is 6.85. The first-order chi connectivity index (χ1) is 5.70. The Balaban J connectivity index is 3.59. The van der Waals surface area contributed by atoms with Gasteiger partial charge in [-0.3, -0.25) is 0 Å². The zero-order valence-electron chi connectivity index (χ0n) is 7.62. The molecule has 3 nitrogen and oxygen atoms in total. The molecule has 0 rings (SSSR count). The van der Waals surface area contributed by atoms with Gasteiger partial charge in [-0.2, -0.15) is 0 Å². The molecule has 0 fully saturated rings. The van der Waals surface area contributed by atoms with E-state index < -0.39 is 12.1 Å². The number of rotatable bonds is 5. The van der Waals surface area contributed by atoms with Crippen molar-refractivity contribution >= 4 is 5.97 Å². The van der Waals surface area contributed by atoms with Gasteiger partial charge in [0.1, 0.15) is 0 Å². The molecule has 0 saturated carbocycles. The van der Waals surface area contributed by atoms with Gasteiger partial charge in [-0.05, 0) is 12.5 Å². The van der Waals surface area contributed by atoms with Crippen molar-refractivity contribution in [1.82, 2.24) is 0 Å². The first kappa shape index (κ1) is 11.2. The number of aliphatic hydroxyl groups excluding tert-OH is 1. The Morgan fingerprint density at radius 3 is 2.83 bits per heavy atom. The van der Waals surface area contributed by atoms with Crippen LogP contribution < -0.4 is 0 Å². The molecule has 0 aliphatic carbocycles. The molecule has 0 heterocycles. The van der Waals surface area contributed by atoms with Gasteiger partial charge < -0.3 is 9.84 Å². The van der Waals surface area contributed by atoms with Crippen molar-refractivity contribution in [3.05, 3.63) is 12.2 Å². The van der Waals surface area contributed by atoms with Gasteiger partial charge in [-0.15, -0.1) is 0 Å². The van der Waals surface area contributed by atoms with Crippen LogP contribution in [0.2, 0.25) is 0 Å². The normalized spacial score (nSPS) is 13.2. The zero-order valence-corrected chi connectivity index (χ0v) is 7.62. The average Bonchev–Trinajstić information content (AvgIpc) is 2.10. The molecule has 0 aromatic carbocycles. The van der Waals surface area contributed by atoms with E-state index >= 15 is 0 Å². The van der Waals surface area contributed by atoms with Crippen LogP contribution in [-0.4, -0.2) is 24.3 Å². The van der Waals surface area contributed by atoms with E-state index in [4.69, 9.17) is 0 Å². The summed E-state index contributed by atoms with van der Waals surface area (Å²) in [5.41, 5.74) is 0. The van der Waals surface area contributed by atoms with Gasteiger partial charge in [-0.25, -0.2) is 4.79 Å². The van der Waals surface area contributed by atoms with Gasteiger partial charge in [0.25, 0.3) is 0 Å². The molecule has 0 bridgehead atoms. The van der Waals surface area contributed by atoms with Gasteiger partial charge in [0, 0.05) is 6.08 Å². The average molecular weight is 172 g/mol. The molecule has 0 unspecified atom stereocenters. The topological polar surface area (TPSA) is 46.5 Å². The second-order valence-electron chi connectivity index (χ2n) is 2.59. The Kier molecular flexibility index (Phi) is 6.38. The van der Waals surface area contributed by atoms with Crippen molar-refractivity contribution in [1.29, 1.82) is 0 Å². The van der Waals surface area contributed by atoms with Gasteiger partial charge in [0.15, 0.2) is 0 Å². The lowest BCUT2D eigenvalue weighted by molar-refractivity contribution is -0.134. The highest BCUT2D eigenvalue weighted by atomic mass is 16.5. The maximum Gasteiger partial charge on any atom is 0.330 e. The Labute approximate surface area is 73.0 Å². The minimum Gasteiger partial charge on any atom is -0.466 e. The predicted molar refractivity (Wildman–Crippen MR) is 46.7 cm³/mol. The summed E-state index contributed by atoms with van der Waals surface area (Å²) in [6.45, 7) is 2.05. The number of hydrogen-bond donors (Lipinski definition) is 1. The molecule has 0 aliphatic heterocycles. The Bertz CT molecular complexity index is 152. The summed E-state index contributed by atoms with van der Waals surface area (Å²) in [6.07, 6.45) is 4.89. The van der Waals surface area contributed by atoms with Crippen LogP contribution in [-0.2, 0) is 9.53 Å². The van der Waals surface area contributed by atoms with Crippen LogP contribution in [0.25, 0.3) is 0 Å². The van der Waals surface area contributed by atoms with Crippen LogP contribution in [0.15, 0.2) is 12.2 Å². The van der Waals surface area contributed by atoms with Gasteiger partial charge >= 0.3 is 5.97 Å². The summed E-state index contributed by atoms with van der Waals surface area (Å²) >= 11 is 0. The fourth-order valence-corrected chi connectivity index (χ4v) is 0.767. The summed E-state index contributed by atoms with van der Waals surface area (Å²) in [4.78, 5) is 10.6. The van der Waals surface area contributed by atoms with E-state index in [1.807, 2.05) is 0 Å². The van der Waals surface area contributed by atoms with Crippen LogP contribution in [0.3, 0.4) is 0 Å². The van der Waals surface area contributed by atoms with Gasteiger partial charge in [-0.1, -0.05) is 19.8 Å². The van der Waals surface area contributed by atoms with E-state index in [0.717, 1.165) is 12.8 Å². The monoisotopic (exact) mass is 172 g/mol. The first-order valence-corrected chi connectivity index (χ1v) is 4.15. The Hall–Kier alpha value is -0.830. The molecular weight excluding hydrogens is 156 g/mol. The number of methoxy groups -OCH3 is 1. The van der Waals surface area contributed by atoms with Crippen LogP contribution in [0.5, 0.6) is 0 Å². The van der Waals surface area contributed by atoms with Crippen molar-refractivity contribution in [2.24, 2.45) is 0 Å². The molecule has 0 spiro atoms. The smallest absolute Gasteiger partial charge is 0.330 e. The number of unbranched alkanes of at least 4 members (excludes halogenated alkanes) is 1. The summed E-state index contributed by atoms with van der Waals surface area (Å²) in [5.74, 6) is -0.425. The van der Waals surface area contributed by atoms with Crippen LogP contribution in [0, 0.1) is 0 Å². The molecule has 0 saturated heterocycles. The van der Waals surface area contributed by atoms with Crippen LogP contribution in [0.4, 0.5) is 0 Å². The fourth-order valence-electron chi connectivity index (χ4n) is 0.767. The number of hydrogen-bond acceptors (Lipinski definition) is 3. The Morgan fingerprint density at radius 2 is 2.33 bits per heavy atom. The number of carbonyl (C=O) groups is 1. The molecule has 0 radical (unpaired) electrons. The van der Waals surface area contributed by atoms with Crippen LogP contribution in [0.1, 0.15) is 26.2 Å². The third-order valence-electron chi connectivity index (χ3n) is 1.51. The summed E-state index contributed by atoms with van der Waals surface area (Å²) in [5, 5.41) is 9.23. The van der Waals surface area contributed by atoms with Crippen LogP contribution >= 0.6 is 0 Å². The van der Waals surface area contributed by atoms with E-state index in [1.54, 1.807) is 0 Å². The molecule has 0 aromatic rings. The van der Waals surface area contributed by atoms with Crippen molar-refractivity contribution in [2.75, 3.05) is 7.11 Å². The minimum absolute atomic E-state index is 0.425. The molecule has 12 heavy (non-hydrogen) atoms. The highest BCUT2D eigenvalue weighted by Crippen LogP contribution is 2.01. The quantitative estimate of drug-likeness (QED) is 0.501. The zero-order chi connectivity index (χ0) is 9.40. The molecule has 70 valence electrons. The fraction of sp³-hybridized carbons (Fsp3) is 0.667. The standard InChI is InChI=1S/C9H16O3/c1-3-4-5-8(10)6-7-9(11)12-2/h6-8,10H,3-5H2,1-2H3/b7-6+/t8-/m0/s1. The maximum absolute atomic E-state index is 10.6. The van der Waals surface area contributed by atoms with Crippen molar-refractivity contribution in [3.8, 4) is 0 Å². The molecule has 0 amide bonds. The van der Waals surface area contributed by atoms with Gasteiger partial charge in [0.05, 0.1) is 13.2 Å². The van der Waals surface area contributed by atoms with E-state index in [-0.39, 0.29) is 0 Å². The molecule has 3 heteroatoms. The SMILES string of the molecule is CCCC[C@H](O)/C=C/C(=O)OC. The number of esters is 1. The number of ether oxygens (including phenoxy) is 1. The largest absolute Gasteiger partial charge is 0.466 e. The van der Waals surface area contributed by atoms with Crippen molar-refractivity contribution in [2.45, 2.75) is 32.3 Å². The number of carbonyl (C=O) groups excluding carboxylic acids is 1. The highest BCUT2D eigenvalue weighted by Gasteiger charge is 1.98. The minimum atomic E-state index is -0.524. The van der Waals surface area contributed by atoms with Crippen molar-refractivity contribution < 1.29 is 14.6 Å². The summed E-state index contributed by atoms with van der Waals surface area (Å²) in [7, 11) is 1.31. The molecular formula is C9H16O3. The Morgan fingerprint density at radius 1 is 1.67 bits per heavy atom. The molecule has 1 N–H and O–H groups in total. The summed E-state index contributed by atoms with van der Waals surface area (Å²) in [6, 6.07) is 0. The summed E-state index contributed by atoms with van der Waals surface area (Å²) < 4.78 is 4.37. The van der Waals surface area contributed by atoms with E-state index in [2.05, 4.69) is 11.7 Å². The molecule has 0 aliphatic rings. The maximum atomic E-state index is 10.6. The van der Waals surface area contributed by atoms with Gasteiger partial charge in [0.2, 0.25) is 0 Å². The lowest BCUT2D eigenvalue weighted by Gasteiger charge is -2.02. The van der Waals surface area contributed by atoms with E-state index in [1.165, 1.54) is 19.3 Å². The third kappa shape index (κ3) is 5.92. The molecule has 1 atom stereocenters. The lowest BCUT2D eigenvalue weighted by Crippen LogP contribution is -2.03. The van der Waals surface area contributed by atoms with E-state index in [9.17, 15) is 9.90 Å². The highest BCUT2D eigenvalue weighted by molar-refractivity contribution is 5.81. The van der Waals surface area contributed by atoms with Crippen molar-refractivity contribution in [3.63, 3.8) is 0 Å². The van der Waals surface area contributed by atoms with E-state index in [0.29, 0.717) is 6.42 Å². The third-order valence-corrected chi connectivity index (χ3v) is 1.51. The second-order valence-corrected chi connectivity index (χ2v) is 2.59. The lowest BCUT2D eigenvalue weighted by atomic mass is 10.1. The first-order valence-electron chi connectivity index (χ1n) is 4.15. The predicted octanol–water partition coefficient (Wildman–Crippen LogP) is 1.27.